The van der Waals surface area contributed by atoms with Crippen molar-refractivity contribution >= 4 is 26.0 Å². The Labute approximate surface area is 132 Å². The van der Waals surface area contributed by atoms with Gasteiger partial charge in [0.15, 0.2) is 0 Å². The van der Waals surface area contributed by atoms with E-state index in [0.717, 1.165) is 5.56 Å². The monoisotopic (exact) mass is 371 g/mol. The smallest absolute Gasteiger partial charge is 0.211 e. The fourth-order valence-corrected chi connectivity index (χ4v) is 3.27. The molecule has 0 spiro atoms. The van der Waals surface area contributed by atoms with Gasteiger partial charge in [-0.15, -0.1) is 0 Å². The third kappa shape index (κ3) is 4.36. The number of hydrogen-bond acceptors (Lipinski definition) is 2. The molecule has 21 heavy (non-hydrogen) atoms. The Hall–Kier alpha value is -1.24. The van der Waals surface area contributed by atoms with Gasteiger partial charge >= 0.3 is 0 Å². The first kappa shape index (κ1) is 16.1. The molecule has 2 aromatic rings. The summed E-state index contributed by atoms with van der Waals surface area (Å²) < 4.78 is 40.1. The molecular weight excluding hydrogens is 357 g/mol. The second-order valence-corrected chi connectivity index (χ2v) is 6.84. The number of hydrogen-bond donors (Lipinski definition) is 1. The summed E-state index contributed by atoms with van der Waals surface area (Å²) in [6.07, 6.45) is 0.311. The first-order valence-electron chi connectivity index (χ1n) is 6.41. The average molecular weight is 372 g/mol. The fraction of sp³-hybridized carbons (Fsp3) is 0.200. The zero-order valence-electron chi connectivity index (χ0n) is 11.2. The van der Waals surface area contributed by atoms with Crippen LogP contribution in [0.25, 0.3) is 0 Å². The lowest BCUT2D eigenvalue weighted by Crippen LogP contribution is -2.26. The second-order valence-electron chi connectivity index (χ2n) is 4.52. The molecule has 0 saturated carbocycles. The van der Waals surface area contributed by atoms with Gasteiger partial charge in [0, 0.05) is 11.9 Å². The predicted octanol–water partition coefficient (Wildman–Crippen LogP) is 3.24. The number of alkyl halides is 1. The van der Waals surface area contributed by atoms with E-state index in [9.17, 15) is 12.8 Å². The van der Waals surface area contributed by atoms with E-state index in [1.165, 1.54) is 6.07 Å². The lowest BCUT2D eigenvalue weighted by Gasteiger charge is -2.08. The van der Waals surface area contributed by atoms with Gasteiger partial charge in [-0.25, -0.2) is 17.5 Å². The van der Waals surface area contributed by atoms with Crippen LogP contribution < -0.4 is 4.72 Å². The number of rotatable bonds is 6. The normalized spacial score (nSPS) is 11.5. The van der Waals surface area contributed by atoms with Crippen LogP contribution in [0.3, 0.4) is 0 Å². The van der Waals surface area contributed by atoms with Gasteiger partial charge in [0.1, 0.15) is 5.82 Å². The molecule has 0 aliphatic rings. The van der Waals surface area contributed by atoms with Crippen molar-refractivity contribution in [3.63, 3.8) is 0 Å². The highest BCUT2D eigenvalue weighted by atomic mass is 79.9. The van der Waals surface area contributed by atoms with E-state index in [1.807, 2.05) is 0 Å². The number of benzene rings is 2. The van der Waals surface area contributed by atoms with Crippen LogP contribution >= 0.6 is 15.9 Å². The topological polar surface area (TPSA) is 46.2 Å². The predicted molar refractivity (Wildman–Crippen MR) is 84.4 cm³/mol. The molecular formula is C15H15BrFNO2S. The van der Waals surface area contributed by atoms with Crippen molar-refractivity contribution in [2.75, 3.05) is 6.54 Å². The molecule has 0 saturated heterocycles. The molecule has 1 N–H and O–H groups in total. The quantitative estimate of drug-likeness (QED) is 0.792. The van der Waals surface area contributed by atoms with Crippen molar-refractivity contribution in [3.05, 3.63) is 65.5 Å². The van der Waals surface area contributed by atoms with Crippen LogP contribution in [-0.2, 0) is 21.8 Å². The molecule has 6 heteroatoms. The summed E-state index contributed by atoms with van der Waals surface area (Å²) in [6, 6.07) is 13.0. The Morgan fingerprint density at radius 3 is 2.33 bits per heavy atom. The van der Waals surface area contributed by atoms with Gasteiger partial charge in [0.25, 0.3) is 0 Å². The summed E-state index contributed by atoms with van der Waals surface area (Å²) in [5.74, 6) is -0.321. The Bertz CT molecular complexity index is 702. The van der Waals surface area contributed by atoms with Crippen molar-refractivity contribution < 1.29 is 12.8 Å². The van der Waals surface area contributed by atoms with E-state index in [4.69, 9.17) is 0 Å². The third-order valence-electron chi connectivity index (χ3n) is 3.03. The number of sulfonamides is 1. The summed E-state index contributed by atoms with van der Waals surface area (Å²) in [4.78, 5) is 0.209. The molecule has 2 aromatic carbocycles. The largest absolute Gasteiger partial charge is 0.240 e. The molecule has 2 rings (SSSR count). The van der Waals surface area contributed by atoms with Gasteiger partial charge in [-0.2, -0.15) is 0 Å². The molecule has 0 aromatic heterocycles. The Morgan fingerprint density at radius 1 is 1.05 bits per heavy atom. The summed E-state index contributed by atoms with van der Waals surface area (Å²) >= 11 is 3.31. The molecule has 112 valence electrons. The van der Waals surface area contributed by atoms with Crippen LogP contribution in [-0.4, -0.2) is 15.0 Å². The van der Waals surface area contributed by atoms with Gasteiger partial charge in [-0.3, -0.25) is 0 Å². The minimum absolute atomic E-state index is 0.156. The van der Waals surface area contributed by atoms with Crippen molar-refractivity contribution in [2.24, 2.45) is 0 Å². The van der Waals surface area contributed by atoms with Crippen molar-refractivity contribution in [1.29, 1.82) is 0 Å². The van der Waals surface area contributed by atoms with Crippen LogP contribution in [0.1, 0.15) is 11.1 Å². The number of halogens is 2. The molecule has 0 bridgehead atoms. The molecule has 0 fully saturated rings. The van der Waals surface area contributed by atoms with E-state index in [1.54, 1.807) is 42.5 Å². The summed E-state index contributed by atoms with van der Waals surface area (Å²) in [6.45, 7) is 0.156. The van der Waals surface area contributed by atoms with Crippen LogP contribution in [0.2, 0.25) is 0 Å². The molecule has 0 atom stereocenters. The minimum Gasteiger partial charge on any atom is -0.211 e. The van der Waals surface area contributed by atoms with Gasteiger partial charge in [-0.1, -0.05) is 46.3 Å². The maximum atomic E-state index is 13.4. The highest BCUT2D eigenvalue weighted by molar-refractivity contribution is 9.08. The number of nitrogens with one attached hydrogen (secondary N) is 1. The average Bonchev–Trinajstić information content (AvgIpc) is 2.49. The fourth-order valence-electron chi connectivity index (χ4n) is 1.86. The minimum atomic E-state index is -3.56. The zero-order chi connectivity index (χ0) is 15.3. The standard InChI is InChI=1S/C15H15BrFNO2S/c16-11-12-5-7-14(8-6-12)21(19,20)18-10-9-13-3-1-2-4-15(13)17/h1-8,18H,9-11H2. The van der Waals surface area contributed by atoms with E-state index in [2.05, 4.69) is 20.7 Å². The Kier molecular flexibility index (Phi) is 5.50. The van der Waals surface area contributed by atoms with Crippen molar-refractivity contribution in [1.82, 2.24) is 4.72 Å². The first-order valence-corrected chi connectivity index (χ1v) is 9.01. The zero-order valence-corrected chi connectivity index (χ0v) is 13.6. The van der Waals surface area contributed by atoms with Crippen LogP contribution in [0.5, 0.6) is 0 Å². The van der Waals surface area contributed by atoms with E-state index in [-0.39, 0.29) is 17.3 Å². The molecule has 0 heterocycles. The summed E-state index contributed by atoms with van der Waals surface area (Å²) in [5, 5.41) is 0.675. The lowest BCUT2D eigenvalue weighted by molar-refractivity contribution is 0.577. The lowest BCUT2D eigenvalue weighted by atomic mass is 10.1. The molecule has 0 aliphatic heterocycles. The van der Waals surface area contributed by atoms with Crippen LogP contribution in [0, 0.1) is 5.82 Å². The summed E-state index contributed by atoms with van der Waals surface area (Å²) in [5.41, 5.74) is 1.50. The maximum Gasteiger partial charge on any atom is 0.240 e. The Morgan fingerprint density at radius 2 is 1.71 bits per heavy atom. The van der Waals surface area contributed by atoms with Crippen molar-refractivity contribution in [3.8, 4) is 0 Å². The molecule has 0 radical (unpaired) electrons. The molecule has 0 aliphatic carbocycles. The van der Waals surface area contributed by atoms with Crippen LogP contribution in [0.4, 0.5) is 4.39 Å². The highest BCUT2D eigenvalue weighted by Gasteiger charge is 2.13. The van der Waals surface area contributed by atoms with Gasteiger partial charge in [0.05, 0.1) is 4.90 Å². The molecule has 0 amide bonds. The SMILES string of the molecule is O=S(=O)(NCCc1ccccc1F)c1ccc(CBr)cc1. The summed E-state index contributed by atoms with van der Waals surface area (Å²) in [7, 11) is -3.56. The van der Waals surface area contributed by atoms with Gasteiger partial charge in [-0.05, 0) is 35.7 Å². The maximum absolute atomic E-state index is 13.4. The van der Waals surface area contributed by atoms with Gasteiger partial charge in [0.2, 0.25) is 10.0 Å². The van der Waals surface area contributed by atoms with Crippen molar-refractivity contribution in [2.45, 2.75) is 16.6 Å². The van der Waals surface area contributed by atoms with E-state index in [0.29, 0.717) is 17.3 Å². The first-order chi connectivity index (χ1) is 10.0. The third-order valence-corrected chi connectivity index (χ3v) is 5.16. The van der Waals surface area contributed by atoms with E-state index < -0.39 is 10.0 Å². The van der Waals surface area contributed by atoms with Crippen LogP contribution in [0.15, 0.2) is 53.4 Å². The second kappa shape index (κ2) is 7.15. The van der Waals surface area contributed by atoms with Gasteiger partial charge < -0.3 is 0 Å². The van der Waals surface area contributed by atoms with E-state index >= 15 is 0 Å². The molecule has 0 unspecified atom stereocenters. The molecule has 3 nitrogen and oxygen atoms in total. The highest BCUT2D eigenvalue weighted by Crippen LogP contribution is 2.13. The Balaban J connectivity index is 1.99.